The van der Waals surface area contributed by atoms with Gasteiger partial charge in [0, 0.05) is 31.9 Å². The fourth-order valence-electron chi connectivity index (χ4n) is 3.30. The van der Waals surface area contributed by atoms with E-state index < -0.39 is 0 Å². The van der Waals surface area contributed by atoms with E-state index in [0.29, 0.717) is 36.8 Å². The summed E-state index contributed by atoms with van der Waals surface area (Å²) in [6, 6.07) is 7.24. The molecule has 10 nitrogen and oxygen atoms in total. The van der Waals surface area contributed by atoms with E-state index >= 15 is 0 Å². The number of aromatic nitrogens is 2. The highest BCUT2D eigenvalue weighted by Crippen LogP contribution is 2.22. The van der Waals surface area contributed by atoms with Gasteiger partial charge in [0.25, 0.3) is 0 Å². The van der Waals surface area contributed by atoms with Crippen molar-refractivity contribution in [3.63, 3.8) is 0 Å². The Balaban J connectivity index is 1.63. The quantitative estimate of drug-likeness (QED) is 0.537. The van der Waals surface area contributed by atoms with Crippen LogP contribution in [0.15, 0.2) is 35.7 Å². The minimum Gasteiger partial charge on any atom is -0.491 e. The molecule has 1 aliphatic heterocycles. The number of carbonyl (C=O) groups excluding carboxylic acids is 1. The average molecular weight is 428 g/mol. The fraction of sp³-hybridized carbons (Fsp3) is 0.429. The van der Waals surface area contributed by atoms with Gasteiger partial charge in [0.15, 0.2) is 0 Å². The summed E-state index contributed by atoms with van der Waals surface area (Å²) in [6.45, 7) is 6.47. The maximum absolute atomic E-state index is 12.8. The summed E-state index contributed by atoms with van der Waals surface area (Å²) in [5.41, 5.74) is 7.33. The number of nitrogens with zero attached hydrogens (tertiary/aromatic N) is 5. The van der Waals surface area contributed by atoms with E-state index in [2.05, 4.69) is 25.3 Å². The second kappa shape index (κ2) is 10.5. The fourth-order valence-corrected chi connectivity index (χ4v) is 3.30. The van der Waals surface area contributed by atoms with E-state index in [-0.39, 0.29) is 12.1 Å². The first-order chi connectivity index (χ1) is 15.0. The number of anilines is 3. The zero-order valence-corrected chi connectivity index (χ0v) is 18.1. The van der Waals surface area contributed by atoms with E-state index in [4.69, 9.17) is 15.3 Å². The summed E-state index contributed by atoms with van der Waals surface area (Å²) in [5.74, 6) is 1.78. The Morgan fingerprint density at radius 1 is 1.19 bits per heavy atom. The lowest BCUT2D eigenvalue weighted by atomic mass is 10.2. The first-order valence-electron chi connectivity index (χ1n) is 10.2. The Morgan fingerprint density at radius 3 is 2.68 bits per heavy atom. The maximum Gasteiger partial charge on any atom is 0.321 e. The van der Waals surface area contributed by atoms with Crippen LogP contribution in [0.5, 0.6) is 5.75 Å². The first kappa shape index (κ1) is 22.1. The molecule has 0 saturated carbocycles. The van der Waals surface area contributed by atoms with Gasteiger partial charge in [0.1, 0.15) is 30.8 Å². The van der Waals surface area contributed by atoms with E-state index in [1.165, 1.54) is 19.7 Å². The number of amides is 2. The third-order valence-electron chi connectivity index (χ3n) is 4.74. The number of nitrogens with two attached hydrogens (primary N) is 1. The van der Waals surface area contributed by atoms with Gasteiger partial charge in [-0.05, 0) is 44.5 Å². The predicted molar refractivity (Wildman–Crippen MR) is 121 cm³/mol. The highest BCUT2D eigenvalue weighted by Gasteiger charge is 2.22. The van der Waals surface area contributed by atoms with Gasteiger partial charge in [-0.15, -0.1) is 0 Å². The number of hydrogen-bond acceptors (Lipinski definition) is 8. The molecule has 1 fully saturated rings. The molecule has 0 spiro atoms. The van der Waals surface area contributed by atoms with Crippen molar-refractivity contribution in [3.05, 3.63) is 36.2 Å². The number of nitrogen functional groups attached to an aromatic ring is 1. The molecule has 3 rings (SSSR count). The summed E-state index contributed by atoms with van der Waals surface area (Å²) < 4.78 is 5.64. The van der Waals surface area contributed by atoms with Crippen LogP contribution in [0.1, 0.15) is 25.8 Å². The summed E-state index contributed by atoms with van der Waals surface area (Å²) in [7, 11) is 1.46. The van der Waals surface area contributed by atoms with Gasteiger partial charge in [-0.1, -0.05) is 5.16 Å². The monoisotopic (exact) mass is 427 g/mol. The third-order valence-corrected chi connectivity index (χ3v) is 4.74. The van der Waals surface area contributed by atoms with Crippen LogP contribution in [0.4, 0.5) is 22.1 Å². The third kappa shape index (κ3) is 5.97. The molecule has 1 aromatic heterocycles. The lowest BCUT2D eigenvalue weighted by Gasteiger charge is -2.24. The highest BCUT2D eigenvalue weighted by molar-refractivity contribution is 5.92. The van der Waals surface area contributed by atoms with Crippen molar-refractivity contribution in [1.29, 1.82) is 0 Å². The van der Waals surface area contributed by atoms with Crippen molar-refractivity contribution < 1.29 is 14.4 Å². The van der Waals surface area contributed by atoms with Crippen LogP contribution in [0.25, 0.3) is 0 Å². The summed E-state index contributed by atoms with van der Waals surface area (Å²) >= 11 is 0. The molecular weight excluding hydrogens is 398 g/mol. The SMILES string of the molecule is CON=Cc1c(N)ncnc1N1CCCN(C(=O)Nc2ccc(OC(C)C)cc2)CC1. The zero-order valence-electron chi connectivity index (χ0n) is 18.1. The predicted octanol–water partition coefficient (Wildman–Crippen LogP) is 2.57. The van der Waals surface area contributed by atoms with Gasteiger partial charge >= 0.3 is 6.03 Å². The molecular formula is C21H29N7O3. The minimum atomic E-state index is -0.136. The second-order valence-corrected chi connectivity index (χ2v) is 7.36. The van der Waals surface area contributed by atoms with Crippen LogP contribution in [0.2, 0.25) is 0 Å². The van der Waals surface area contributed by atoms with Crippen LogP contribution in [0.3, 0.4) is 0 Å². The van der Waals surface area contributed by atoms with Crippen LogP contribution in [-0.2, 0) is 4.84 Å². The first-order valence-corrected chi connectivity index (χ1v) is 10.2. The van der Waals surface area contributed by atoms with Crippen molar-refractivity contribution in [3.8, 4) is 5.75 Å². The number of nitrogens with one attached hydrogen (secondary N) is 1. The van der Waals surface area contributed by atoms with Crippen molar-refractivity contribution in [1.82, 2.24) is 14.9 Å². The standard InChI is InChI=1S/C21H29N7O3/c1-15(2)31-17-7-5-16(6-8-17)26-21(29)28-10-4-9-27(11-12-28)20-18(13-25-30-3)19(22)23-14-24-20/h5-8,13-15H,4,9-12H2,1-3H3,(H,26,29)(H2,22,23,24). The van der Waals surface area contributed by atoms with Gasteiger partial charge in [-0.2, -0.15) is 0 Å². The highest BCUT2D eigenvalue weighted by atomic mass is 16.6. The van der Waals surface area contributed by atoms with Gasteiger partial charge in [0.2, 0.25) is 0 Å². The number of hydrogen-bond donors (Lipinski definition) is 2. The lowest BCUT2D eigenvalue weighted by Crippen LogP contribution is -2.38. The Kier molecular flexibility index (Phi) is 7.47. The van der Waals surface area contributed by atoms with Crippen molar-refractivity contribution >= 4 is 29.6 Å². The number of urea groups is 1. The number of benzene rings is 1. The Morgan fingerprint density at radius 2 is 1.97 bits per heavy atom. The Labute approximate surface area is 182 Å². The Hall–Kier alpha value is -3.56. The molecule has 0 bridgehead atoms. The van der Waals surface area contributed by atoms with Crippen LogP contribution >= 0.6 is 0 Å². The van der Waals surface area contributed by atoms with E-state index in [9.17, 15) is 4.79 Å². The van der Waals surface area contributed by atoms with Crippen molar-refractivity contribution in [2.24, 2.45) is 5.16 Å². The van der Waals surface area contributed by atoms with Crippen molar-refractivity contribution in [2.45, 2.75) is 26.4 Å². The molecule has 10 heteroatoms. The second-order valence-electron chi connectivity index (χ2n) is 7.36. The largest absolute Gasteiger partial charge is 0.491 e. The molecule has 0 atom stereocenters. The van der Waals surface area contributed by atoms with E-state index in [1.54, 1.807) is 4.90 Å². The van der Waals surface area contributed by atoms with Crippen LogP contribution < -0.4 is 20.7 Å². The summed E-state index contributed by atoms with van der Waals surface area (Å²) in [6.07, 6.45) is 3.83. The van der Waals surface area contributed by atoms with Crippen LogP contribution in [-0.4, -0.2) is 66.5 Å². The summed E-state index contributed by atoms with van der Waals surface area (Å²) in [5, 5.41) is 6.75. The number of ether oxygens (including phenoxy) is 1. The molecule has 1 aliphatic rings. The molecule has 2 heterocycles. The number of carbonyl (C=O) groups is 1. The van der Waals surface area contributed by atoms with Crippen LogP contribution in [0, 0.1) is 0 Å². The molecule has 0 aliphatic carbocycles. The topological polar surface area (TPSA) is 118 Å². The molecule has 0 unspecified atom stereocenters. The minimum absolute atomic E-state index is 0.104. The van der Waals surface area contributed by atoms with Crippen molar-refractivity contribution in [2.75, 3.05) is 49.2 Å². The van der Waals surface area contributed by atoms with Gasteiger partial charge in [0.05, 0.1) is 17.9 Å². The molecule has 1 aromatic carbocycles. The molecule has 1 saturated heterocycles. The smallest absolute Gasteiger partial charge is 0.321 e. The summed E-state index contributed by atoms with van der Waals surface area (Å²) in [4.78, 5) is 29.8. The maximum atomic E-state index is 12.8. The zero-order chi connectivity index (χ0) is 22.2. The molecule has 31 heavy (non-hydrogen) atoms. The average Bonchev–Trinajstić information content (AvgIpc) is 3.00. The number of rotatable bonds is 6. The van der Waals surface area contributed by atoms with Gasteiger partial charge < -0.3 is 30.4 Å². The molecule has 2 amide bonds. The lowest BCUT2D eigenvalue weighted by molar-refractivity contribution is 0.215. The van der Waals surface area contributed by atoms with Gasteiger partial charge in [-0.3, -0.25) is 0 Å². The molecule has 2 aromatic rings. The molecule has 166 valence electrons. The normalized spacial score (nSPS) is 14.6. The number of oxime groups is 1. The van der Waals surface area contributed by atoms with E-state index in [0.717, 1.165) is 24.4 Å². The molecule has 0 radical (unpaired) electrons. The Bertz CT molecular complexity index is 902. The van der Waals surface area contributed by atoms with Gasteiger partial charge in [-0.25, -0.2) is 14.8 Å². The molecule has 3 N–H and O–H groups in total. The van der Waals surface area contributed by atoms with E-state index in [1.807, 2.05) is 38.1 Å².